The average molecular weight is 270 g/mol. The summed E-state index contributed by atoms with van der Waals surface area (Å²) in [5.41, 5.74) is 8.56. The molecule has 0 saturated heterocycles. The van der Waals surface area contributed by atoms with Crippen LogP contribution in [0.5, 0.6) is 0 Å². The number of pyridine rings is 1. The number of nitrogens with zero attached hydrogens (tertiary/aromatic N) is 2. The van der Waals surface area contributed by atoms with E-state index in [0.29, 0.717) is 12.1 Å². The van der Waals surface area contributed by atoms with Gasteiger partial charge in [-0.2, -0.15) is 0 Å². The Labute approximate surface area is 118 Å². The Balaban J connectivity index is 2.01. The molecule has 0 aliphatic rings. The van der Waals surface area contributed by atoms with Crippen molar-refractivity contribution in [3.63, 3.8) is 0 Å². The molecule has 0 bridgehead atoms. The summed E-state index contributed by atoms with van der Waals surface area (Å²) < 4.78 is 0. The van der Waals surface area contributed by atoms with E-state index >= 15 is 0 Å². The Morgan fingerprint density at radius 2 is 2.10 bits per heavy atom. The topological polar surface area (TPSA) is 83.5 Å². The molecule has 5 nitrogen and oxygen atoms in total. The lowest BCUT2D eigenvalue weighted by Crippen LogP contribution is -2.19. The standard InChI is InChI=1S/C15H18N4O/c1-11(13-5-7-17-8-6-13)18-10-12-3-2-4-14(9-12)15(16)19-20/h2-9,11,18,20H,10H2,1H3,(H2,16,19). The average Bonchev–Trinajstić information content (AvgIpc) is 2.53. The molecule has 4 N–H and O–H groups in total. The summed E-state index contributed by atoms with van der Waals surface area (Å²) in [7, 11) is 0. The van der Waals surface area contributed by atoms with Gasteiger partial charge in [-0.1, -0.05) is 23.4 Å². The fourth-order valence-corrected chi connectivity index (χ4v) is 1.94. The molecular weight excluding hydrogens is 252 g/mol. The van der Waals surface area contributed by atoms with Gasteiger partial charge in [-0.3, -0.25) is 4.98 Å². The lowest BCUT2D eigenvalue weighted by molar-refractivity contribution is 0.318. The van der Waals surface area contributed by atoms with Crippen LogP contribution in [0, 0.1) is 0 Å². The van der Waals surface area contributed by atoms with E-state index in [4.69, 9.17) is 10.9 Å². The van der Waals surface area contributed by atoms with Gasteiger partial charge in [-0.15, -0.1) is 0 Å². The Bertz CT molecular complexity index is 583. The monoisotopic (exact) mass is 270 g/mol. The van der Waals surface area contributed by atoms with Gasteiger partial charge in [0.15, 0.2) is 5.84 Å². The first-order valence-corrected chi connectivity index (χ1v) is 6.41. The molecule has 0 saturated carbocycles. The van der Waals surface area contributed by atoms with E-state index in [-0.39, 0.29) is 11.9 Å². The first-order valence-electron chi connectivity index (χ1n) is 6.41. The van der Waals surface area contributed by atoms with E-state index in [1.165, 1.54) is 5.56 Å². The molecule has 0 aliphatic heterocycles. The van der Waals surface area contributed by atoms with Crippen LogP contribution in [0.25, 0.3) is 0 Å². The van der Waals surface area contributed by atoms with E-state index in [1.54, 1.807) is 12.4 Å². The quantitative estimate of drug-likeness (QED) is 0.336. The van der Waals surface area contributed by atoms with Crippen molar-refractivity contribution >= 4 is 5.84 Å². The maximum Gasteiger partial charge on any atom is 0.170 e. The number of rotatable bonds is 5. The van der Waals surface area contributed by atoms with E-state index in [2.05, 4.69) is 22.4 Å². The summed E-state index contributed by atoms with van der Waals surface area (Å²) in [6, 6.07) is 11.8. The van der Waals surface area contributed by atoms with Gasteiger partial charge in [0.2, 0.25) is 0 Å². The summed E-state index contributed by atoms with van der Waals surface area (Å²) >= 11 is 0. The first-order chi connectivity index (χ1) is 9.70. The SMILES string of the molecule is CC(NCc1cccc(C(N)=NO)c1)c1ccncc1. The molecule has 0 radical (unpaired) electrons. The zero-order chi connectivity index (χ0) is 14.4. The highest BCUT2D eigenvalue weighted by Crippen LogP contribution is 2.12. The van der Waals surface area contributed by atoms with Crippen molar-refractivity contribution in [3.05, 3.63) is 65.5 Å². The third kappa shape index (κ3) is 3.55. The van der Waals surface area contributed by atoms with Crippen molar-refractivity contribution in [3.8, 4) is 0 Å². The number of nitrogens with two attached hydrogens (primary N) is 1. The number of amidine groups is 1. The van der Waals surface area contributed by atoms with Crippen molar-refractivity contribution in [2.24, 2.45) is 10.9 Å². The summed E-state index contributed by atoms with van der Waals surface area (Å²) in [5.74, 6) is 0.119. The van der Waals surface area contributed by atoms with Gasteiger partial charge in [0.05, 0.1) is 0 Å². The highest BCUT2D eigenvalue weighted by molar-refractivity contribution is 5.97. The van der Waals surface area contributed by atoms with Crippen LogP contribution in [0.2, 0.25) is 0 Å². The largest absolute Gasteiger partial charge is 0.409 e. The van der Waals surface area contributed by atoms with Gasteiger partial charge in [0.25, 0.3) is 0 Å². The highest BCUT2D eigenvalue weighted by atomic mass is 16.4. The highest BCUT2D eigenvalue weighted by Gasteiger charge is 2.05. The molecule has 1 atom stereocenters. The lowest BCUT2D eigenvalue weighted by atomic mass is 10.1. The molecule has 0 spiro atoms. The Kier molecular flexibility index (Phi) is 4.68. The molecule has 20 heavy (non-hydrogen) atoms. The molecular formula is C15H18N4O. The van der Waals surface area contributed by atoms with Crippen molar-refractivity contribution in [2.45, 2.75) is 19.5 Å². The Hall–Kier alpha value is -2.40. The molecule has 5 heteroatoms. The van der Waals surface area contributed by atoms with Crippen LogP contribution in [-0.2, 0) is 6.54 Å². The molecule has 2 rings (SSSR count). The summed E-state index contributed by atoms with van der Waals surface area (Å²) in [5, 5.41) is 15.1. The first kappa shape index (κ1) is 14.0. The molecule has 0 aliphatic carbocycles. The number of hydrogen-bond donors (Lipinski definition) is 3. The minimum atomic E-state index is 0.119. The molecule has 0 fully saturated rings. The van der Waals surface area contributed by atoms with Crippen LogP contribution in [0.15, 0.2) is 53.9 Å². The molecule has 1 aromatic heterocycles. The predicted octanol–water partition coefficient (Wildman–Crippen LogP) is 2.03. The zero-order valence-corrected chi connectivity index (χ0v) is 11.3. The van der Waals surface area contributed by atoms with Crippen molar-refractivity contribution < 1.29 is 5.21 Å². The summed E-state index contributed by atoms with van der Waals surface area (Å²) in [6.07, 6.45) is 3.57. The molecule has 1 heterocycles. The smallest absolute Gasteiger partial charge is 0.170 e. The van der Waals surface area contributed by atoms with Crippen molar-refractivity contribution in [1.29, 1.82) is 0 Å². The van der Waals surface area contributed by atoms with Gasteiger partial charge in [-0.25, -0.2) is 0 Å². The minimum absolute atomic E-state index is 0.119. The third-order valence-corrected chi connectivity index (χ3v) is 3.15. The summed E-state index contributed by atoms with van der Waals surface area (Å²) in [6.45, 7) is 2.80. The molecule has 0 amide bonds. The molecule has 1 aromatic carbocycles. The predicted molar refractivity (Wildman–Crippen MR) is 78.4 cm³/mol. The molecule has 104 valence electrons. The maximum atomic E-state index is 8.69. The lowest BCUT2D eigenvalue weighted by Gasteiger charge is -2.14. The fourth-order valence-electron chi connectivity index (χ4n) is 1.94. The van der Waals surface area contributed by atoms with Gasteiger partial charge in [0.1, 0.15) is 0 Å². The number of hydrogen-bond acceptors (Lipinski definition) is 4. The van der Waals surface area contributed by atoms with Gasteiger partial charge < -0.3 is 16.3 Å². The van der Waals surface area contributed by atoms with E-state index in [9.17, 15) is 0 Å². The Morgan fingerprint density at radius 1 is 1.35 bits per heavy atom. The van der Waals surface area contributed by atoms with Crippen LogP contribution < -0.4 is 11.1 Å². The van der Waals surface area contributed by atoms with Gasteiger partial charge in [-0.05, 0) is 36.2 Å². The number of oxime groups is 1. The summed E-state index contributed by atoms with van der Waals surface area (Å²) in [4.78, 5) is 4.01. The van der Waals surface area contributed by atoms with Crippen molar-refractivity contribution in [1.82, 2.24) is 10.3 Å². The van der Waals surface area contributed by atoms with Gasteiger partial charge >= 0.3 is 0 Å². The van der Waals surface area contributed by atoms with E-state index < -0.39 is 0 Å². The van der Waals surface area contributed by atoms with Crippen molar-refractivity contribution in [2.75, 3.05) is 0 Å². The van der Waals surface area contributed by atoms with Crippen LogP contribution in [0.1, 0.15) is 29.7 Å². The van der Waals surface area contributed by atoms with E-state index in [1.807, 2.05) is 36.4 Å². The van der Waals surface area contributed by atoms with Crippen LogP contribution in [0.3, 0.4) is 0 Å². The fraction of sp³-hybridized carbons (Fsp3) is 0.200. The Morgan fingerprint density at radius 3 is 2.80 bits per heavy atom. The second-order valence-corrected chi connectivity index (χ2v) is 4.57. The van der Waals surface area contributed by atoms with E-state index in [0.717, 1.165) is 5.56 Å². The number of aromatic nitrogens is 1. The van der Waals surface area contributed by atoms with Crippen LogP contribution in [0.4, 0.5) is 0 Å². The third-order valence-electron chi connectivity index (χ3n) is 3.15. The van der Waals surface area contributed by atoms with Crippen LogP contribution >= 0.6 is 0 Å². The molecule has 2 aromatic rings. The number of nitrogens with one attached hydrogen (secondary N) is 1. The second kappa shape index (κ2) is 6.68. The second-order valence-electron chi connectivity index (χ2n) is 4.57. The maximum absolute atomic E-state index is 8.69. The van der Waals surface area contributed by atoms with Gasteiger partial charge in [0, 0.05) is 30.5 Å². The zero-order valence-electron chi connectivity index (χ0n) is 11.3. The minimum Gasteiger partial charge on any atom is -0.409 e. The van der Waals surface area contributed by atoms with Crippen LogP contribution in [-0.4, -0.2) is 16.0 Å². The molecule has 1 unspecified atom stereocenters. The number of benzene rings is 1. The normalized spacial score (nSPS) is 13.2.